The van der Waals surface area contributed by atoms with Crippen molar-refractivity contribution in [2.24, 2.45) is 0 Å². The van der Waals surface area contributed by atoms with Gasteiger partial charge in [0.15, 0.2) is 0 Å². The van der Waals surface area contributed by atoms with Gasteiger partial charge in [0.05, 0.1) is 5.69 Å². The van der Waals surface area contributed by atoms with Gasteiger partial charge in [0, 0.05) is 60.6 Å². The summed E-state index contributed by atoms with van der Waals surface area (Å²) < 4.78 is 6.96. The molecule has 0 spiro atoms. The number of carbonyl (C=O) groups is 3. The predicted octanol–water partition coefficient (Wildman–Crippen LogP) is 4.75. The Kier molecular flexibility index (Phi) is 10.5. The Balaban J connectivity index is 1.23. The van der Waals surface area contributed by atoms with Gasteiger partial charge in [0.1, 0.15) is 18.0 Å². The van der Waals surface area contributed by atoms with E-state index in [0.29, 0.717) is 54.6 Å². The monoisotopic (exact) mass is 656 g/mol. The summed E-state index contributed by atoms with van der Waals surface area (Å²) in [6.45, 7) is 8.00. The normalized spacial score (nSPS) is 14.1. The minimum Gasteiger partial charge on any atom is -0.444 e. The molecule has 0 aliphatic carbocycles. The van der Waals surface area contributed by atoms with E-state index in [0.717, 1.165) is 11.3 Å². The minimum absolute atomic E-state index is 0.291. The Morgan fingerprint density at radius 1 is 0.979 bits per heavy atom. The summed E-state index contributed by atoms with van der Waals surface area (Å²) in [5, 5.41) is 17.5. The van der Waals surface area contributed by atoms with Crippen LogP contribution in [0.25, 0.3) is 11.8 Å². The number of rotatable bonds is 9. The molecule has 2 N–H and O–H groups in total. The van der Waals surface area contributed by atoms with Crippen molar-refractivity contribution in [1.82, 2.24) is 30.4 Å². The number of piperazine rings is 1. The average molecular weight is 657 g/mol. The molecule has 5 rings (SSSR count). The lowest BCUT2D eigenvalue weighted by molar-refractivity contribution is -0.123. The van der Waals surface area contributed by atoms with Gasteiger partial charge in [-0.05, 0) is 85.3 Å². The van der Waals surface area contributed by atoms with E-state index < -0.39 is 17.6 Å². The number of hydrogen-bond donors (Lipinski definition) is 2. The summed E-state index contributed by atoms with van der Waals surface area (Å²) in [5.41, 5.74) is 3.19. The maximum Gasteiger partial charge on any atom is 0.410 e. The molecule has 13 heteroatoms. The van der Waals surface area contributed by atoms with Crippen LogP contribution in [0.15, 0.2) is 85.2 Å². The van der Waals surface area contributed by atoms with Gasteiger partial charge in [-0.2, -0.15) is 4.68 Å². The molecule has 0 radical (unpaired) electrons. The number of amides is 3. The molecule has 1 saturated heterocycles. The summed E-state index contributed by atoms with van der Waals surface area (Å²) in [5.74, 6) is -0.809. The number of tetrazole rings is 1. The molecule has 2 heterocycles. The Hall–Kier alpha value is -5.23. The molecule has 0 saturated carbocycles. The third-order valence-corrected chi connectivity index (χ3v) is 7.58. The summed E-state index contributed by atoms with van der Waals surface area (Å²) in [6.07, 6.45) is 4.38. The second-order valence-electron chi connectivity index (χ2n) is 12.0. The van der Waals surface area contributed by atoms with Gasteiger partial charge in [-0.3, -0.25) is 9.59 Å². The lowest BCUT2D eigenvalue weighted by Crippen LogP contribution is -2.50. The smallest absolute Gasteiger partial charge is 0.410 e. The Morgan fingerprint density at radius 3 is 2.36 bits per heavy atom. The number of halogens is 1. The average Bonchev–Trinajstić information content (AvgIpc) is 3.59. The van der Waals surface area contributed by atoms with Crippen molar-refractivity contribution in [1.29, 1.82) is 0 Å². The fourth-order valence-electron chi connectivity index (χ4n) is 5.04. The van der Waals surface area contributed by atoms with Crippen molar-refractivity contribution < 1.29 is 19.1 Å². The van der Waals surface area contributed by atoms with E-state index >= 15 is 0 Å². The van der Waals surface area contributed by atoms with Crippen LogP contribution in [0.2, 0.25) is 5.02 Å². The SMILES string of the molecule is CC(C)(C)OC(=O)N1CCN(c2ccc(NC(=O)[C@H](Cc3ccccc3)NC(=O)/C=C/c3cc(Cl)ccc3-n3cnnn3)cc2)CC1. The van der Waals surface area contributed by atoms with Crippen LogP contribution in [-0.4, -0.2) is 80.8 Å². The van der Waals surface area contributed by atoms with Gasteiger partial charge >= 0.3 is 6.09 Å². The largest absolute Gasteiger partial charge is 0.444 e. The summed E-state index contributed by atoms with van der Waals surface area (Å²) in [7, 11) is 0. The topological polar surface area (TPSA) is 135 Å². The maximum absolute atomic E-state index is 13.5. The zero-order valence-corrected chi connectivity index (χ0v) is 27.2. The Morgan fingerprint density at radius 2 is 1.70 bits per heavy atom. The number of hydrogen-bond acceptors (Lipinski definition) is 8. The number of anilines is 2. The van der Waals surface area contributed by atoms with Crippen LogP contribution in [0.5, 0.6) is 0 Å². The lowest BCUT2D eigenvalue weighted by Gasteiger charge is -2.36. The quantitative estimate of drug-likeness (QED) is 0.247. The van der Waals surface area contributed by atoms with Crippen LogP contribution < -0.4 is 15.5 Å². The molecule has 1 fully saturated rings. The second kappa shape index (κ2) is 14.9. The van der Waals surface area contributed by atoms with Gasteiger partial charge in [-0.1, -0.05) is 41.9 Å². The highest BCUT2D eigenvalue weighted by Crippen LogP contribution is 2.22. The molecule has 1 aliphatic heterocycles. The number of benzene rings is 3. The molecule has 0 bridgehead atoms. The summed E-state index contributed by atoms with van der Waals surface area (Å²) in [6, 6.07) is 21.3. The molecular weight excluding hydrogens is 620 g/mol. The highest BCUT2D eigenvalue weighted by Gasteiger charge is 2.26. The van der Waals surface area contributed by atoms with Crippen molar-refractivity contribution in [3.63, 3.8) is 0 Å². The van der Waals surface area contributed by atoms with Crippen LogP contribution in [0.3, 0.4) is 0 Å². The van der Waals surface area contributed by atoms with Gasteiger partial charge in [0.25, 0.3) is 0 Å². The number of nitrogens with one attached hydrogen (secondary N) is 2. The van der Waals surface area contributed by atoms with Crippen LogP contribution in [-0.2, 0) is 20.7 Å². The first-order valence-corrected chi connectivity index (χ1v) is 15.6. The molecule has 3 aromatic carbocycles. The predicted molar refractivity (Wildman–Crippen MR) is 180 cm³/mol. The van der Waals surface area contributed by atoms with E-state index in [1.165, 1.54) is 17.1 Å². The van der Waals surface area contributed by atoms with Crippen LogP contribution in [0.4, 0.5) is 16.2 Å². The third kappa shape index (κ3) is 9.39. The fourth-order valence-corrected chi connectivity index (χ4v) is 5.22. The molecule has 0 unspecified atom stereocenters. The zero-order valence-electron chi connectivity index (χ0n) is 26.5. The molecule has 244 valence electrons. The van der Waals surface area contributed by atoms with Gasteiger partial charge in [0.2, 0.25) is 11.8 Å². The Labute approximate surface area is 278 Å². The van der Waals surface area contributed by atoms with Crippen molar-refractivity contribution >= 4 is 47.0 Å². The van der Waals surface area contributed by atoms with Gasteiger partial charge in [-0.25, -0.2) is 4.79 Å². The van der Waals surface area contributed by atoms with E-state index in [9.17, 15) is 14.4 Å². The molecule has 47 heavy (non-hydrogen) atoms. The molecule has 3 amide bonds. The van der Waals surface area contributed by atoms with Crippen molar-refractivity contribution in [3.05, 3.63) is 101 Å². The van der Waals surface area contributed by atoms with E-state index in [2.05, 4.69) is 31.1 Å². The molecule has 1 aromatic heterocycles. The van der Waals surface area contributed by atoms with Gasteiger partial charge < -0.3 is 25.2 Å². The van der Waals surface area contributed by atoms with E-state index in [1.54, 1.807) is 29.2 Å². The number of carbonyl (C=O) groups excluding carboxylic acids is 3. The molecule has 12 nitrogen and oxygen atoms in total. The zero-order chi connectivity index (χ0) is 33.4. The van der Waals surface area contributed by atoms with Crippen molar-refractivity contribution in [3.8, 4) is 5.69 Å². The third-order valence-electron chi connectivity index (χ3n) is 7.35. The van der Waals surface area contributed by atoms with Crippen LogP contribution in [0, 0.1) is 0 Å². The first-order valence-electron chi connectivity index (χ1n) is 15.2. The molecule has 1 aliphatic rings. The van der Waals surface area contributed by atoms with E-state index in [4.69, 9.17) is 16.3 Å². The molecule has 1 atom stereocenters. The first-order chi connectivity index (χ1) is 22.5. The van der Waals surface area contributed by atoms with Crippen LogP contribution >= 0.6 is 11.6 Å². The number of nitrogens with zero attached hydrogens (tertiary/aromatic N) is 6. The maximum atomic E-state index is 13.5. The molecular formula is C34H37ClN8O4. The Bertz CT molecular complexity index is 1700. The standard InChI is InChI=1S/C34H37ClN8O4/c1-34(2,3)47-33(46)42-19-17-41(18-20-42)28-13-11-27(12-14-28)37-32(45)29(21-24-7-5-4-6-8-24)38-31(44)16-9-25-22-26(35)10-15-30(25)43-23-36-39-40-43/h4-16,22-23,29H,17-21H2,1-3H3,(H,37,45)(H,38,44)/b16-9+/t29-/m0/s1. The lowest BCUT2D eigenvalue weighted by atomic mass is 10.0. The molecule has 4 aromatic rings. The summed E-state index contributed by atoms with van der Waals surface area (Å²) >= 11 is 6.21. The van der Waals surface area contributed by atoms with Crippen LogP contribution in [0.1, 0.15) is 31.9 Å². The number of ether oxygens (including phenoxy) is 1. The first kappa shape index (κ1) is 33.1. The highest BCUT2D eigenvalue weighted by molar-refractivity contribution is 6.30. The number of aromatic nitrogens is 4. The van der Waals surface area contributed by atoms with Crippen molar-refractivity contribution in [2.45, 2.75) is 38.8 Å². The fraction of sp³-hybridized carbons (Fsp3) is 0.294. The van der Waals surface area contributed by atoms with E-state index in [-0.39, 0.29) is 12.0 Å². The minimum atomic E-state index is -0.853. The highest BCUT2D eigenvalue weighted by atomic mass is 35.5. The summed E-state index contributed by atoms with van der Waals surface area (Å²) in [4.78, 5) is 42.9. The van der Waals surface area contributed by atoms with E-state index in [1.807, 2.05) is 75.4 Å². The van der Waals surface area contributed by atoms with Gasteiger partial charge in [-0.15, -0.1) is 5.10 Å². The van der Waals surface area contributed by atoms with Crippen molar-refractivity contribution in [2.75, 3.05) is 36.4 Å². The second-order valence-corrected chi connectivity index (χ2v) is 12.5.